The van der Waals surface area contributed by atoms with E-state index in [1.165, 1.54) is 0 Å². The number of aliphatic hydroxyl groups excluding tert-OH is 1. The van der Waals surface area contributed by atoms with E-state index in [9.17, 15) is 31.1 Å². The molecule has 1 fully saturated rings. The molecule has 22 heavy (non-hydrogen) atoms. The number of ether oxygens (including phenoxy) is 1. The van der Waals surface area contributed by atoms with E-state index in [1.54, 1.807) is 0 Å². The zero-order valence-corrected chi connectivity index (χ0v) is 11.7. The normalized spacial score (nSPS) is 20.8. The number of carbonyl (C=O) groups is 1. The van der Waals surface area contributed by atoms with E-state index < -0.39 is 43.0 Å². The summed E-state index contributed by atoms with van der Waals surface area (Å²) in [7, 11) is 0. The van der Waals surface area contributed by atoms with Crippen molar-refractivity contribution in [1.82, 2.24) is 4.90 Å². The predicted octanol–water partition coefficient (Wildman–Crippen LogP) is 2.12. The summed E-state index contributed by atoms with van der Waals surface area (Å²) < 4.78 is 77.5. The molecule has 0 bridgehead atoms. The Bertz CT molecular complexity index is 376. The highest BCUT2D eigenvalue weighted by Gasteiger charge is 2.44. The first-order valence-corrected chi connectivity index (χ1v) is 6.63. The topological polar surface area (TPSA) is 49.8 Å². The van der Waals surface area contributed by atoms with E-state index in [0.717, 1.165) is 11.8 Å². The molecule has 1 aliphatic heterocycles. The lowest BCUT2D eigenvalue weighted by Gasteiger charge is -2.35. The van der Waals surface area contributed by atoms with E-state index in [0.29, 0.717) is 0 Å². The molecule has 0 saturated carbocycles. The Labute approximate surface area is 123 Å². The van der Waals surface area contributed by atoms with E-state index in [4.69, 9.17) is 5.11 Å². The summed E-state index contributed by atoms with van der Waals surface area (Å²) in [5.74, 6) is -1.72. The summed E-state index contributed by atoms with van der Waals surface area (Å²) in [6.45, 7) is -0.527. The van der Waals surface area contributed by atoms with Gasteiger partial charge in [0.1, 0.15) is 12.7 Å². The molecule has 1 rings (SSSR count). The van der Waals surface area contributed by atoms with Crippen molar-refractivity contribution < 1.29 is 41.0 Å². The third-order valence-electron chi connectivity index (χ3n) is 3.48. The van der Waals surface area contributed by atoms with Crippen LogP contribution in [0.5, 0.6) is 0 Å². The maximum atomic E-state index is 12.4. The molecule has 0 spiro atoms. The van der Waals surface area contributed by atoms with Gasteiger partial charge in [-0.05, 0) is 25.7 Å². The van der Waals surface area contributed by atoms with Crippen LogP contribution in [0.3, 0.4) is 0 Å². The van der Waals surface area contributed by atoms with Gasteiger partial charge in [-0.3, -0.25) is 4.79 Å². The lowest BCUT2D eigenvalue weighted by molar-refractivity contribution is -0.223. The molecule has 0 aromatic rings. The third kappa shape index (κ3) is 5.64. The standard InChI is InChI=1S/C12H17F6NO3/c1-7(22-6-11(13,14)15)10(21)19-4-2-8(3-5-19)9(20)12(16,17)18/h7-9,20H,2-6H2,1H3. The minimum atomic E-state index is -4.72. The Morgan fingerprint density at radius 2 is 1.73 bits per heavy atom. The molecule has 1 N–H and O–H groups in total. The van der Waals surface area contributed by atoms with Gasteiger partial charge in [-0.2, -0.15) is 26.3 Å². The second-order valence-electron chi connectivity index (χ2n) is 5.22. The van der Waals surface area contributed by atoms with Crippen LogP contribution in [0, 0.1) is 5.92 Å². The Hall–Kier alpha value is -1.03. The van der Waals surface area contributed by atoms with E-state index in [-0.39, 0.29) is 25.9 Å². The quantitative estimate of drug-likeness (QED) is 0.800. The van der Waals surface area contributed by atoms with Crippen LogP contribution in [-0.4, -0.2) is 60.2 Å². The first-order valence-electron chi connectivity index (χ1n) is 6.63. The van der Waals surface area contributed by atoms with Crippen LogP contribution in [0.2, 0.25) is 0 Å². The molecular weight excluding hydrogens is 320 g/mol. The summed E-state index contributed by atoms with van der Waals surface area (Å²) in [5, 5.41) is 9.14. The molecule has 1 amide bonds. The number of piperidine rings is 1. The average molecular weight is 337 g/mol. The fraction of sp³-hybridized carbons (Fsp3) is 0.917. The van der Waals surface area contributed by atoms with Crippen LogP contribution in [0.25, 0.3) is 0 Å². The second-order valence-corrected chi connectivity index (χ2v) is 5.22. The molecule has 0 aromatic carbocycles. The molecule has 0 aliphatic carbocycles. The van der Waals surface area contributed by atoms with Crippen molar-refractivity contribution in [2.75, 3.05) is 19.7 Å². The molecule has 2 atom stereocenters. The monoisotopic (exact) mass is 337 g/mol. The summed E-state index contributed by atoms with van der Waals surface area (Å²) in [6.07, 6.45) is -13.2. The smallest absolute Gasteiger partial charge is 0.383 e. The van der Waals surface area contributed by atoms with Crippen molar-refractivity contribution in [1.29, 1.82) is 0 Å². The number of nitrogens with zero attached hydrogens (tertiary/aromatic N) is 1. The fourth-order valence-electron chi connectivity index (χ4n) is 2.25. The second kappa shape index (κ2) is 7.03. The van der Waals surface area contributed by atoms with Crippen LogP contribution in [0.15, 0.2) is 0 Å². The molecule has 4 nitrogen and oxygen atoms in total. The van der Waals surface area contributed by atoms with Crippen LogP contribution < -0.4 is 0 Å². The minimum Gasteiger partial charge on any atom is -0.383 e. The van der Waals surface area contributed by atoms with Crippen molar-refractivity contribution >= 4 is 5.91 Å². The molecule has 1 heterocycles. The first-order chi connectivity index (χ1) is 9.92. The third-order valence-corrected chi connectivity index (χ3v) is 3.48. The van der Waals surface area contributed by atoms with Gasteiger partial charge in [-0.25, -0.2) is 0 Å². The highest BCUT2D eigenvalue weighted by atomic mass is 19.4. The number of halogens is 6. The summed E-state index contributed by atoms with van der Waals surface area (Å²) in [6, 6.07) is 0. The van der Waals surface area contributed by atoms with Gasteiger partial charge in [0, 0.05) is 13.1 Å². The molecule has 130 valence electrons. The van der Waals surface area contributed by atoms with Gasteiger partial charge in [0.2, 0.25) is 0 Å². The van der Waals surface area contributed by atoms with E-state index in [2.05, 4.69) is 4.74 Å². The molecule has 10 heteroatoms. The van der Waals surface area contributed by atoms with Crippen LogP contribution in [-0.2, 0) is 9.53 Å². The highest BCUT2D eigenvalue weighted by Crippen LogP contribution is 2.31. The molecule has 2 unspecified atom stereocenters. The molecular formula is C12H17F6NO3. The number of alkyl halides is 6. The largest absolute Gasteiger partial charge is 0.414 e. The van der Waals surface area contributed by atoms with Crippen molar-refractivity contribution in [2.45, 2.75) is 44.3 Å². The number of amides is 1. The van der Waals surface area contributed by atoms with Crippen LogP contribution in [0.1, 0.15) is 19.8 Å². The number of hydrogen-bond acceptors (Lipinski definition) is 3. The minimum absolute atomic E-state index is 0.0592. The average Bonchev–Trinajstić information content (AvgIpc) is 2.41. The van der Waals surface area contributed by atoms with Crippen LogP contribution in [0.4, 0.5) is 26.3 Å². The summed E-state index contributed by atoms with van der Waals surface area (Å²) in [5.41, 5.74) is 0. The van der Waals surface area contributed by atoms with Gasteiger partial charge in [-0.15, -0.1) is 0 Å². The van der Waals surface area contributed by atoms with Gasteiger partial charge >= 0.3 is 12.4 Å². The maximum Gasteiger partial charge on any atom is 0.414 e. The lowest BCUT2D eigenvalue weighted by Crippen LogP contribution is -2.48. The molecule has 0 aromatic heterocycles. The summed E-state index contributed by atoms with van der Waals surface area (Å²) in [4.78, 5) is 13.0. The number of rotatable bonds is 4. The SMILES string of the molecule is CC(OCC(F)(F)F)C(=O)N1CCC(C(O)C(F)(F)F)CC1. The van der Waals surface area contributed by atoms with Gasteiger partial charge < -0.3 is 14.7 Å². The Morgan fingerprint density at radius 3 is 2.14 bits per heavy atom. The number of aliphatic hydroxyl groups is 1. The van der Waals surface area contributed by atoms with E-state index in [1.807, 2.05) is 0 Å². The van der Waals surface area contributed by atoms with Crippen molar-refractivity contribution in [3.8, 4) is 0 Å². The van der Waals surface area contributed by atoms with Gasteiger partial charge in [0.25, 0.3) is 5.91 Å². The predicted molar refractivity (Wildman–Crippen MR) is 62.8 cm³/mol. The van der Waals surface area contributed by atoms with Gasteiger partial charge in [-0.1, -0.05) is 0 Å². The van der Waals surface area contributed by atoms with E-state index >= 15 is 0 Å². The van der Waals surface area contributed by atoms with Crippen molar-refractivity contribution in [3.05, 3.63) is 0 Å². The zero-order chi connectivity index (χ0) is 17.1. The lowest BCUT2D eigenvalue weighted by atomic mass is 9.90. The fourth-order valence-corrected chi connectivity index (χ4v) is 2.25. The molecule has 1 saturated heterocycles. The van der Waals surface area contributed by atoms with Crippen molar-refractivity contribution in [2.24, 2.45) is 5.92 Å². The Balaban J connectivity index is 2.45. The number of likely N-dealkylation sites (tertiary alicyclic amines) is 1. The summed E-state index contributed by atoms with van der Waals surface area (Å²) >= 11 is 0. The van der Waals surface area contributed by atoms with Gasteiger partial charge in [0.15, 0.2) is 6.10 Å². The maximum absolute atomic E-state index is 12.4. The molecule has 0 radical (unpaired) electrons. The highest BCUT2D eigenvalue weighted by molar-refractivity contribution is 5.80. The number of carbonyl (C=O) groups excluding carboxylic acids is 1. The van der Waals surface area contributed by atoms with Gasteiger partial charge in [0.05, 0.1) is 0 Å². The van der Waals surface area contributed by atoms with Crippen molar-refractivity contribution in [3.63, 3.8) is 0 Å². The Morgan fingerprint density at radius 1 is 1.23 bits per heavy atom. The van der Waals surface area contributed by atoms with Crippen LogP contribution >= 0.6 is 0 Å². The first kappa shape index (κ1) is 19.0. The number of hydrogen-bond donors (Lipinski definition) is 1. The molecule has 1 aliphatic rings. The Kier molecular flexibility index (Phi) is 6.08. The zero-order valence-electron chi connectivity index (χ0n) is 11.7.